The molecular weight excluding hydrogens is 310 g/mol. The second-order valence-corrected chi connectivity index (χ2v) is 5.68. The van der Waals surface area contributed by atoms with Crippen LogP contribution in [0.2, 0.25) is 5.02 Å². The molecule has 0 saturated carbocycles. The number of benzene rings is 2. The molecule has 0 fully saturated rings. The number of aromatic nitrogens is 3. The summed E-state index contributed by atoms with van der Waals surface area (Å²) in [5, 5.41) is 14.9. The molecular formula is C17H16ClN5. The Morgan fingerprint density at radius 2 is 1.70 bits per heavy atom. The topological polar surface area (TPSA) is 62.7 Å². The lowest BCUT2D eigenvalue weighted by atomic mass is 10.1. The molecule has 0 aliphatic carbocycles. The van der Waals surface area contributed by atoms with Crippen LogP contribution in [0.3, 0.4) is 0 Å². The predicted octanol–water partition coefficient (Wildman–Crippen LogP) is 4.63. The van der Waals surface area contributed by atoms with E-state index in [-0.39, 0.29) is 0 Å². The van der Waals surface area contributed by atoms with E-state index in [9.17, 15) is 0 Å². The summed E-state index contributed by atoms with van der Waals surface area (Å²) in [4.78, 5) is 4.41. The van der Waals surface area contributed by atoms with Crippen molar-refractivity contribution in [3.05, 3.63) is 64.8 Å². The summed E-state index contributed by atoms with van der Waals surface area (Å²) in [6.07, 6.45) is 1.58. The van der Waals surface area contributed by atoms with Crippen LogP contribution < -0.4 is 10.6 Å². The van der Waals surface area contributed by atoms with E-state index in [1.807, 2.05) is 18.2 Å². The van der Waals surface area contributed by atoms with Gasteiger partial charge in [0.05, 0.1) is 16.9 Å². The number of nitrogens with zero attached hydrogens (tertiary/aromatic N) is 3. The Morgan fingerprint density at radius 1 is 0.957 bits per heavy atom. The molecule has 6 heteroatoms. The van der Waals surface area contributed by atoms with E-state index < -0.39 is 0 Å². The number of nitrogens with one attached hydrogen (secondary N) is 2. The first-order valence-electron chi connectivity index (χ1n) is 7.17. The van der Waals surface area contributed by atoms with E-state index in [2.05, 4.69) is 57.9 Å². The lowest BCUT2D eigenvalue weighted by molar-refractivity contribution is 0.982. The smallest absolute Gasteiger partial charge is 0.249 e. The molecule has 0 bridgehead atoms. The molecule has 0 radical (unpaired) electrons. The van der Waals surface area contributed by atoms with Crippen molar-refractivity contribution < 1.29 is 0 Å². The zero-order valence-corrected chi connectivity index (χ0v) is 13.6. The van der Waals surface area contributed by atoms with Crippen molar-refractivity contribution in [2.75, 3.05) is 10.6 Å². The minimum atomic E-state index is 0.382. The van der Waals surface area contributed by atoms with Crippen molar-refractivity contribution >= 4 is 34.7 Å². The Hall–Kier alpha value is -2.66. The largest absolute Gasteiger partial charge is 0.339 e. The third kappa shape index (κ3) is 3.96. The van der Waals surface area contributed by atoms with E-state index in [0.29, 0.717) is 16.8 Å². The van der Waals surface area contributed by atoms with Gasteiger partial charge < -0.3 is 10.6 Å². The fourth-order valence-corrected chi connectivity index (χ4v) is 2.48. The number of halogens is 1. The first kappa shape index (κ1) is 15.2. The summed E-state index contributed by atoms with van der Waals surface area (Å²) in [6.45, 7) is 4.11. The molecule has 2 aromatic carbocycles. The van der Waals surface area contributed by atoms with Gasteiger partial charge >= 0.3 is 0 Å². The normalized spacial score (nSPS) is 10.4. The Kier molecular flexibility index (Phi) is 4.39. The van der Waals surface area contributed by atoms with Gasteiger partial charge in [-0.1, -0.05) is 29.8 Å². The predicted molar refractivity (Wildman–Crippen MR) is 93.8 cm³/mol. The molecule has 0 aliphatic rings. The van der Waals surface area contributed by atoms with Crippen LogP contribution in [0.1, 0.15) is 11.1 Å². The lowest BCUT2D eigenvalue weighted by Gasteiger charge is -2.09. The zero-order chi connectivity index (χ0) is 16.2. The molecule has 0 atom stereocenters. The molecule has 0 amide bonds. The monoisotopic (exact) mass is 325 g/mol. The molecule has 5 nitrogen and oxygen atoms in total. The first-order valence-corrected chi connectivity index (χ1v) is 7.54. The van der Waals surface area contributed by atoms with Crippen LogP contribution in [0.25, 0.3) is 0 Å². The molecule has 3 rings (SSSR count). The molecule has 3 aromatic rings. The van der Waals surface area contributed by atoms with E-state index in [0.717, 1.165) is 11.4 Å². The fraction of sp³-hybridized carbons (Fsp3) is 0.118. The van der Waals surface area contributed by atoms with Crippen molar-refractivity contribution in [2.45, 2.75) is 13.8 Å². The third-order valence-electron chi connectivity index (χ3n) is 3.17. The van der Waals surface area contributed by atoms with Crippen molar-refractivity contribution in [3.8, 4) is 0 Å². The summed E-state index contributed by atoms with van der Waals surface area (Å²) in [5.74, 6) is 0.993. The number of aryl methyl sites for hydroxylation is 2. The van der Waals surface area contributed by atoms with Gasteiger partial charge in [0, 0.05) is 5.69 Å². The Labute approximate surface area is 139 Å². The Bertz CT molecular complexity index is 814. The van der Waals surface area contributed by atoms with Gasteiger partial charge in [-0.05, 0) is 49.2 Å². The van der Waals surface area contributed by atoms with Crippen LogP contribution in [0.15, 0.2) is 48.7 Å². The molecule has 2 N–H and O–H groups in total. The van der Waals surface area contributed by atoms with E-state index in [1.165, 1.54) is 11.1 Å². The van der Waals surface area contributed by atoms with Crippen LogP contribution in [0, 0.1) is 13.8 Å². The van der Waals surface area contributed by atoms with Gasteiger partial charge in [-0.3, -0.25) is 0 Å². The van der Waals surface area contributed by atoms with Crippen LogP contribution in [0.5, 0.6) is 0 Å². The number of hydrogen-bond acceptors (Lipinski definition) is 5. The maximum absolute atomic E-state index is 6.12. The highest BCUT2D eigenvalue weighted by atomic mass is 35.5. The van der Waals surface area contributed by atoms with Gasteiger partial charge in [0.1, 0.15) is 0 Å². The minimum Gasteiger partial charge on any atom is -0.339 e. The summed E-state index contributed by atoms with van der Waals surface area (Å²) in [7, 11) is 0. The maximum Gasteiger partial charge on any atom is 0.249 e. The van der Waals surface area contributed by atoms with Gasteiger partial charge in [0.15, 0.2) is 5.82 Å². The van der Waals surface area contributed by atoms with Crippen molar-refractivity contribution in [1.82, 2.24) is 15.2 Å². The molecule has 0 saturated heterocycles. The van der Waals surface area contributed by atoms with Crippen LogP contribution in [-0.4, -0.2) is 15.2 Å². The van der Waals surface area contributed by atoms with Crippen molar-refractivity contribution in [2.24, 2.45) is 0 Å². The SMILES string of the molecule is Cc1cc(C)cc(Nc2cnnc(Nc3ccccc3Cl)n2)c1. The summed E-state index contributed by atoms with van der Waals surface area (Å²) in [5.41, 5.74) is 4.07. The highest BCUT2D eigenvalue weighted by Gasteiger charge is 2.05. The fourth-order valence-electron chi connectivity index (χ4n) is 2.29. The maximum atomic E-state index is 6.12. The second-order valence-electron chi connectivity index (χ2n) is 5.27. The standard InChI is InChI=1S/C17H16ClN5/c1-11-7-12(2)9-13(8-11)20-16-10-19-23-17(22-16)21-15-6-4-3-5-14(15)18/h3-10H,1-2H3,(H2,20,21,22,23). The van der Waals surface area contributed by atoms with Gasteiger partial charge in [-0.25, -0.2) is 0 Å². The van der Waals surface area contributed by atoms with Crippen molar-refractivity contribution in [1.29, 1.82) is 0 Å². The van der Waals surface area contributed by atoms with E-state index in [4.69, 9.17) is 11.6 Å². The molecule has 23 heavy (non-hydrogen) atoms. The third-order valence-corrected chi connectivity index (χ3v) is 3.50. The van der Waals surface area contributed by atoms with Gasteiger partial charge in [0.25, 0.3) is 0 Å². The number of rotatable bonds is 4. The van der Waals surface area contributed by atoms with Crippen molar-refractivity contribution in [3.63, 3.8) is 0 Å². The average Bonchev–Trinajstić information content (AvgIpc) is 2.49. The van der Waals surface area contributed by atoms with E-state index in [1.54, 1.807) is 12.3 Å². The molecule has 0 unspecified atom stereocenters. The Balaban J connectivity index is 1.81. The molecule has 1 aromatic heterocycles. The minimum absolute atomic E-state index is 0.382. The molecule has 0 aliphatic heterocycles. The van der Waals surface area contributed by atoms with Gasteiger partial charge in [-0.2, -0.15) is 10.1 Å². The molecule has 0 spiro atoms. The quantitative estimate of drug-likeness (QED) is 0.732. The lowest BCUT2D eigenvalue weighted by Crippen LogP contribution is -2.02. The van der Waals surface area contributed by atoms with Crippen LogP contribution in [-0.2, 0) is 0 Å². The van der Waals surface area contributed by atoms with E-state index >= 15 is 0 Å². The highest BCUT2D eigenvalue weighted by Crippen LogP contribution is 2.24. The van der Waals surface area contributed by atoms with Crippen LogP contribution in [0.4, 0.5) is 23.1 Å². The zero-order valence-electron chi connectivity index (χ0n) is 12.8. The first-order chi connectivity index (χ1) is 11.1. The second kappa shape index (κ2) is 6.62. The summed E-state index contributed by atoms with van der Waals surface area (Å²) < 4.78 is 0. The Morgan fingerprint density at radius 3 is 2.43 bits per heavy atom. The molecule has 1 heterocycles. The number of anilines is 4. The average molecular weight is 326 g/mol. The van der Waals surface area contributed by atoms with Gasteiger partial charge in [0.2, 0.25) is 5.95 Å². The van der Waals surface area contributed by atoms with Gasteiger partial charge in [-0.15, -0.1) is 5.10 Å². The summed E-state index contributed by atoms with van der Waals surface area (Å²) in [6, 6.07) is 13.6. The summed E-state index contributed by atoms with van der Waals surface area (Å²) >= 11 is 6.12. The molecule has 116 valence electrons. The highest BCUT2D eigenvalue weighted by molar-refractivity contribution is 6.33. The number of hydrogen-bond donors (Lipinski definition) is 2. The van der Waals surface area contributed by atoms with Crippen LogP contribution >= 0.6 is 11.6 Å². The number of para-hydroxylation sites is 1.